The Balaban J connectivity index is 0.000000174. The molecule has 11 nitrogen and oxygen atoms in total. The van der Waals surface area contributed by atoms with Gasteiger partial charge in [-0.15, -0.1) is 22.7 Å². The number of benzene rings is 4. The zero-order valence-electron chi connectivity index (χ0n) is 31.2. The van der Waals surface area contributed by atoms with Crippen molar-refractivity contribution in [1.29, 1.82) is 0 Å². The molecule has 0 aliphatic carbocycles. The summed E-state index contributed by atoms with van der Waals surface area (Å²) in [5, 5.41) is 6.95. The third kappa shape index (κ3) is 9.64. The Morgan fingerprint density at radius 2 is 0.912 bits per heavy atom. The number of hydrogen-bond acceptors (Lipinski definition) is 11. The van der Waals surface area contributed by atoms with Crippen LogP contribution in [0.2, 0.25) is 10.0 Å². The highest BCUT2D eigenvalue weighted by molar-refractivity contribution is 7.89. The summed E-state index contributed by atoms with van der Waals surface area (Å²) in [7, 11) is -5.36. The van der Waals surface area contributed by atoms with Gasteiger partial charge in [0.2, 0.25) is 20.0 Å². The fourth-order valence-corrected chi connectivity index (χ4v) is 11.2. The van der Waals surface area contributed by atoms with Crippen LogP contribution in [-0.2, 0) is 20.0 Å². The summed E-state index contributed by atoms with van der Waals surface area (Å²) in [4.78, 5) is 14.3. The van der Waals surface area contributed by atoms with E-state index in [2.05, 4.69) is 46.4 Å². The van der Waals surface area contributed by atoms with Gasteiger partial charge in [-0.2, -0.15) is 8.61 Å². The predicted octanol–water partition coefficient (Wildman–Crippen LogP) is 8.27. The topological polar surface area (TPSA) is 116 Å². The van der Waals surface area contributed by atoms with E-state index in [-0.39, 0.29) is 9.79 Å². The molecule has 0 unspecified atom stereocenters. The van der Waals surface area contributed by atoms with Crippen LogP contribution in [0.1, 0.15) is 5.56 Å². The molecule has 4 heterocycles. The fourth-order valence-electron chi connectivity index (χ4n) is 6.32. The van der Waals surface area contributed by atoms with Crippen molar-refractivity contribution in [3.05, 3.63) is 123 Å². The van der Waals surface area contributed by atoms with Gasteiger partial charge in [-0.05, 0) is 79.7 Å². The van der Waals surface area contributed by atoms with E-state index >= 15 is 0 Å². The van der Waals surface area contributed by atoms with Crippen LogP contribution in [-0.4, -0.2) is 94.9 Å². The smallest absolute Gasteiger partial charge is 0.243 e. The first-order valence-corrected chi connectivity index (χ1v) is 23.4. The number of piperazine rings is 2. The van der Waals surface area contributed by atoms with E-state index in [1.54, 1.807) is 78.3 Å². The maximum absolute atomic E-state index is 12.8. The second kappa shape index (κ2) is 17.8. The lowest BCUT2D eigenvalue weighted by Gasteiger charge is -2.33. The SMILES string of the molecule is COc1ccc(-c2csc(N3CCN(S(=O)(=O)c4ccc(Cl)cc4)CC3)n2)cc1.Cc1ccc(-c2csc(N3CCN(S(=O)(=O)c4ccc(Cl)cc4)CC3)n2)cc1. The highest BCUT2D eigenvalue weighted by atomic mass is 35.5. The Morgan fingerprint density at radius 3 is 1.28 bits per heavy atom. The molecule has 2 saturated heterocycles. The van der Waals surface area contributed by atoms with E-state index in [0.29, 0.717) is 62.4 Å². The zero-order chi connectivity index (χ0) is 40.2. The highest BCUT2D eigenvalue weighted by Crippen LogP contribution is 2.31. The molecule has 6 aromatic rings. The van der Waals surface area contributed by atoms with Crippen LogP contribution in [0.3, 0.4) is 0 Å². The van der Waals surface area contributed by atoms with Crippen molar-refractivity contribution in [2.75, 3.05) is 69.3 Å². The molecular weight excluding hydrogens is 844 g/mol. The summed E-state index contributed by atoms with van der Waals surface area (Å²) in [5.41, 5.74) is 5.20. The molecule has 2 aliphatic rings. The quantitative estimate of drug-likeness (QED) is 0.142. The van der Waals surface area contributed by atoms with Crippen LogP contribution < -0.4 is 14.5 Å². The average molecular weight is 884 g/mol. The molecule has 2 aliphatic heterocycles. The largest absolute Gasteiger partial charge is 0.497 e. The van der Waals surface area contributed by atoms with E-state index in [4.69, 9.17) is 37.9 Å². The summed E-state index contributed by atoms with van der Waals surface area (Å²) < 4.78 is 59.5. The van der Waals surface area contributed by atoms with Crippen LogP contribution in [0, 0.1) is 6.92 Å². The van der Waals surface area contributed by atoms with Gasteiger partial charge in [0, 0.05) is 84.3 Å². The maximum atomic E-state index is 12.8. The van der Waals surface area contributed by atoms with Gasteiger partial charge >= 0.3 is 0 Å². The minimum atomic E-state index is -3.51. The van der Waals surface area contributed by atoms with Crippen LogP contribution in [0.15, 0.2) is 118 Å². The molecule has 0 saturated carbocycles. The zero-order valence-corrected chi connectivity index (χ0v) is 35.9. The van der Waals surface area contributed by atoms with Gasteiger partial charge in [0.05, 0.1) is 28.3 Å². The number of hydrogen-bond donors (Lipinski definition) is 0. The van der Waals surface area contributed by atoms with Crippen molar-refractivity contribution in [3.8, 4) is 28.3 Å². The van der Waals surface area contributed by atoms with E-state index in [9.17, 15) is 16.8 Å². The average Bonchev–Trinajstić information content (AvgIpc) is 3.94. The molecular formula is C40H40Cl2N6O5S4. The number of nitrogens with zero attached hydrogens (tertiary/aromatic N) is 6. The second-order valence-electron chi connectivity index (χ2n) is 13.3. The molecule has 298 valence electrons. The van der Waals surface area contributed by atoms with E-state index in [1.165, 1.54) is 14.2 Å². The molecule has 2 aromatic heterocycles. The van der Waals surface area contributed by atoms with Crippen molar-refractivity contribution < 1.29 is 21.6 Å². The van der Waals surface area contributed by atoms with Crippen LogP contribution in [0.25, 0.3) is 22.5 Å². The number of aryl methyl sites for hydroxylation is 1. The second-order valence-corrected chi connectivity index (χ2v) is 19.7. The third-order valence-electron chi connectivity index (χ3n) is 9.64. The highest BCUT2D eigenvalue weighted by Gasteiger charge is 2.31. The summed E-state index contributed by atoms with van der Waals surface area (Å²) in [6.07, 6.45) is 0. The van der Waals surface area contributed by atoms with Gasteiger partial charge in [-0.1, -0.05) is 53.0 Å². The molecule has 0 radical (unpaired) electrons. The predicted molar refractivity (Wildman–Crippen MR) is 231 cm³/mol. The van der Waals surface area contributed by atoms with Crippen LogP contribution in [0.5, 0.6) is 5.75 Å². The summed E-state index contributed by atoms with van der Waals surface area (Å²) >= 11 is 14.9. The Hall–Kier alpha value is -4.06. The summed E-state index contributed by atoms with van der Waals surface area (Å²) in [5.74, 6) is 0.808. The molecule has 0 spiro atoms. The van der Waals surface area contributed by atoms with Crippen molar-refractivity contribution >= 4 is 76.2 Å². The molecule has 57 heavy (non-hydrogen) atoms. The molecule has 8 rings (SSSR count). The molecule has 4 aromatic carbocycles. The van der Waals surface area contributed by atoms with E-state index in [0.717, 1.165) is 38.5 Å². The number of ether oxygens (including phenoxy) is 1. The number of thiazole rings is 2. The van der Waals surface area contributed by atoms with Gasteiger partial charge in [0.1, 0.15) is 5.75 Å². The van der Waals surface area contributed by atoms with Gasteiger partial charge in [-0.3, -0.25) is 0 Å². The van der Waals surface area contributed by atoms with E-state index in [1.807, 2.05) is 29.6 Å². The fraction of sp³-hybridized carbons (Fsp3) is 0.250. The number of anilines is 2. The Kier molecular flexibility index (Phi) is 12.9. The Bertz CT molecular complexity index is 2480. The van der Waals surface area contributed by atoms with Crippen LogP contribution in [0.4, 0.5) is 10.3 Å². The van der Waals surface area contributed by atoms with Gasteiger partial charge in [0.15, 0.2) is 10.3 Å². The lowest BCUT2D eigenvalue weighted by atomic mass is 10.1. The Morgan fingerprint density at radius 1 is 0.544 bits per heavy atom. The molecule has 0 bridgehead atoms. The maximum Gasteiger partial charge on any atom is 0.243 e. The van der Waals surface area contributed by atoms with Crippen molar-refractivity contribution in [2.45, 2.75) is 16.7 Å². The van der Waals surface area contributed by atoms with E-state index < -0.39 is 20.0 Å². The summed E-state index contributed by atoms with van der Waals surface area (Å²) in [6.45, 7) is 6.21. The van der Waals surface area contributed by atoms with Gasteiger partial charge in [0.25, 0.3) is 0 Å². The van der Waals surface area contributed by atoms with Crippen molar-refractivity contribution in [1.82, 2.24) is 18.6 Å². The van der Waals surface area contributed by atoms with Crippen molar-refractivity contribution in [3.63, 3.8) is 0 Å². The number of methoxy groups -OCH3 is 1. The number of rotatable bonds is 9. The van der Waals surface area contributed by atoms with Gasteiger partial charge in [-0.25, -0.2) is 26.8 Å². The minimum Gasteiger partial charge on any atom is -0.497 e. The van der Waals surface area contributed by atoms with Crippen molar-refractivity contribution in [2.24, 2.45) is 0 Å². The molecule has 0 N–H and O–H groups in total. The third-order valence-corrected chi connectivity index (χ3v) is 15.8. The first-order chi connectivity index (χ1) is 27.4. The lowest BCUT2D eigenvalue weighted by molar-refractivity contribution is 0.384. The number of sulfonamides is 2. The molecule has 0 atom stereocenters. The first-order valence-electron chi connectivity index (χ1n) is 18.0. The summed E-state index contributed by atoms with van der Waals surface area (Å²) in [6, 6.07) is 28.7. The first kappa shape index (κ1) is 41.1. The number of aromatic nitrogens is 2. The monoisotopic (exact) mass is 882 g/mol. The van der Waals surface area contributed by atoms with Gasteiger partial charge < -0.3 is 14.5 Å². The molecule has 0 amide bonds. The van der Waals surface area contributed by atoms with Crippen LogP contribution >= 0.6 is 45.9 Å². The minimum absolute atomic E-state index is 0.270. The normalized spacial score (nSPS) is 15.6. The standard InChI is InChI=1S/C20H20ClN3O3S2.C20H20ClN3O2S2/c1-27-17-6-2-15(3-7-17)19-14-28-20(22-19)23-10-12-24(13-11-23)29(25,26)18-8-4-16(21)5-9-18;1-15-2-4-16(5-3-15)19-14-27-20(22-19)23-10-12-24(13-11-23)28(25,26)18-8-6-17(21)7-9-18/h2-9,14H,10-13H2,1H3;2-9,14H,10-13H2,1H3. The molecule has 17 heteroatoms. The Labute approximate surface area is 351 Å². The number of halogens is 2. The lowest BCUT2D eigenvalue weighted by Crippen LogP contribution is -2.48. The molecule has 2 fully saturated rings.